The number of alkyl halides is 1. The monoisotopic (exact) mass is 278 g/mol. The highest BCUT2D eigenvalue weighted by molar-refractivity contribution is 7.93. The Morgan fingerprint density at radius 2 is 1.82 bits per heavy atom. The summed E-state index contributed by atoms with van der Waals surface area (Å²) in [4.78, 5) is 10.3. The van der Waals surface area contributed by atoms with Crippen LogP contribution in [-0.4, -0.2) is 35.4 Å². The molecule has 0 spiro atoms. The van der Waals surface area contributed by atoms with Crippen LogP contribution in [0.1, 0.15) is 6.42 Å². The maximum Gasteiger partial charge on any atom is 0.306 e. The van der Waals surface area contributed by atoms with Gasteiger partial charge in [-0.2, -0.15) is 0 Å². The molecule has 5 nitrogen and oxygen atoms in total. The van der Waals surface area contributed by atoms with Gasteiger partial charge in [0.1, 0.15) is 0 Å². The van der Waals surface area contributed by atoms with Crippen LogP contribution in [0.15, 0.2) is 35.2 Å². The Morgan fingerprint density at radius 1 is 1.29 bits per heavy atom. The highest BCUT2D eigenvalue weighted by Crippen LogP contribution is 2.22. The molecule has 0 amide bonds. The number of hydrogen-bond donors (Lipinski definition) is 2. The number of carboxylic acid groups (broad SMARTS) is 1. The Bertz CT molecular complexity index is 485. The van der Waals surface area contributed by atoms with Crippen molar-refractivity contribution in [2.75, 3.05) is 0 Å². The highest BCUT2D eigenvalue weighted by atomic mass is 35.5. The van der Waals surface area contributed by atoms with Crippen molar-refractivity contribution >= 4 is 27.4 Å². The third-order valence-electron chi connectivity index (χ3n) is 2.05. The molecule has 1 rings (SSSR count). The van der Waals surface area contributed by atoms with Crippen molar-refractivity contribution in [1.82, 2.24) is 0 Å². The molecule has 1 aromatic rings. The normalized spacial score (nSPS) is 15.2. The van der Waals surface area contributed by atoms with Crippen LogP contribution in [-0.2, 0) is 14.6 Å². The summed E-state index contributed by atoms with van der Waals surface area (Å²) in [6.45, 7) is 0. The number of aliphatic hydroxyl groups excluding tert-OH is 1. The Balaban J connectivity index is 2.95. The van der Waals surface area contributed by atoms with Crippen LogP contribution in [0.4, 0.5) is 0 Å². The van der Waals surface area contributed by atoms with Crippen molar-refractivity contribution in [3.63, 3.8) is 0 Å². The number of hydrogen-bond acceptors (Lipinski definition) is 4. The van der Waals surface area contributed by atoms with Gasteiger partial charge in [0, 0.05) is 0 Å². The fraction of sp³-hybridized carbons (Fsp3) is 0.300. The minimum atomic E-state index is -3.93. The number of benzene rings is 1. The second kappa shape index (κ2) is 5.48. The predicted molar refractivity (Wildman–Crippen MR) is 61.5 cm³/mol. The lowest BCUT2D eigenvalue weighted by Crippen LogP contribution is -2.31. The van der Waals surface area contributed by atoms with E-state index in [1.807, 2.05) is 0 Å². The Hall–Kier alpha value is -1.11. The van der Waals surface area contributed by atoms with Gasteiger partial charge in [0.25, 0.3) is 0 Å². The average Bonchev–Trinajstić information content (AvgIpc) is 2.28. The van der Waals surface area contributed by atoms with Crippen LogP contribution in [0.5, 0.6) is 0 Å². The molecule has 0 aliphatic rings. The van der Waals surface area contributed by atoms with Gasteiger partial charge in [0.15, 0.2) is 14.5 Å². The summed E-state index contributed by atoms with van der Waals surface area (Å²) in [5.74, 6) is -1.31. The van der Waals surface area contributed by atoms with Gasteiger partial charge in [-0.05, 0) is 12.1 Å². The molecule has 0 aromatic heterocycles. The molecule has 2 N–H and O–H groups in total. The largest absolute Gasteiger partial charge is 0.481 e. The molecule has 0 fully saturated rings. The first-order valence-electron chi connectivity index (χ1n) is 4.68. The SMILES string of the molecule is O=C(O)CC(O)C(Cl)S(=O)(=O)c1ccccc1. The van der Waals surface area contributed by atoms with Gasteiger partial charge in [-0.3, -0.25) is 4.79 Å². The Morgan fingerprint density at radius 3 is 2.29 bits per heavy atom. The zero-order chi connectivity index (χ0) is 13.1. The lowest BCUT2D eigenvalue weighted by Gasteiger charge is -2.15. The van der Waals surface area contributed by atoms with Gasteiger partial charge >= 0.3 is 5.97 Å². The van der Waals surface area contributed by atoms with Crippen LogP contribution >= 0.6 is 11.6 Å². The summed E-state index contributed by atoms with van der Waals surface area (Å²) in [5, 5.41) is 17.8. The molecule has 2 atom stereocenters. The van der Waals surface area contributed by atoms with E-state index in [-0.39, 0.29) is 4.90 Å². The molecular formula is C10H11ClO5S. The smallest absolute Gasteiger partial charge is 0.306 e. The first-order valence-corrected chi connectivity index (χ1v) is 6.67. The Kier molecular flexibility index (Phi) is 4.50. The first-order chi connectivity index (χ1) is 7.85. The van der Waals surface area contributed by atoms with Crippen LogP contribution in [0.25, 0.3) is 0 Å². The van der Waals surface area contributed by atoms with E-state index < -0.39 is 33.0 Å². The minimum absolute atomic E-state index is 0.0514. The average molecular weight is 279 g/mol. The summed E-state index contributed by atoms with van der Waals surface area (Å²) in [7, 11) is -3.93. The second-order valence-corrected chi connectivity index (χ2v) is 6.17. The molecule has 0 saturated carbocycles. The van der Waals surface area contributed by atoms with Crippen molar-refractivity contribution < 1.29 is 23.4 Å². The third kappa shape index (κ3) is 3.42. The van der Waals surface area contributed by atoms with E-state index in [4.69, 9.17) is 16.7 Å². The van der Waals surface area contributed by atoms with Gasteiger partial charge in [-0.25, -0.2) is 8.42 Å². The summed E-state index contributed by atoms with van der Waals surface area (Å²) < 4.78 is 22.1. The van der Waals surface area contributed by atoms with Gasteiger partial charge in [0.2, 0.25) is 0 Å². The first kappa shape index (κ1) is 14.0. The lowest BCUT2D eigenvalue weighted by atomic mass is 10.3. The molecule has 94 valence electrons. The molecule has 2 unspecified atom stereocenters. The third-order valence-corrected chi connectivity index (χ3v) is 4.89. The van der Waals surface area contributed by atoms with E-state index in [0.717, 1.165) is 0 Å². The van der Waals surface area contributed by atoms with Gasteiger partial charge in [-0.15, -0.1) is 11.6 Å². The van der Waals surface area contributed by atoms with E-state index in [1.54, 1.807) is 6.07 Å². The van der Waals surface area contributed by atoms with Gasteiger partial charge in [-0.1, -0.05) is 18.2 Å². The zero-order valence-electron chi connectivity index (χ0n) is 8.65. The standard InChI is InChI=1S/C10H11ClO5S/c11-10(8(12)6-9(13)14)17(15,16)7-4-2-1-3-5-7/h1-5,8,10,12H,6H2,(H,13,14). The molecule has 0 bridgehead atoms. The number of halogens is 1. The number of carboxylic acids is 1. The molecular weight excluding hydrogens is 268 g/mol. The van der Waals surface area contributed by atoms with Gasteiger partial charge < -0.3 is 10.2 Å². The molecule has 0 heterocycles. The summed E-state index contributed by atoms with van der Waals surface area (Å²) >= 11 is 5.60. The van der Waals surface area contributed by atoms with Crippen molar-refractivity contribution in [2.45, 2.75) is 22.1 Å². The number of carbonyl (C=O) groups is 1. The maximum absolute atomic E-state index is 11.9. The second-order valence-electron chi connectivity index (χ2n) is 3.37. The summed E-state index contributed by atoms with van der Waals surface area (Å²) in [5.41, 5.74) is 0. The number of sulfone groups is 1. The zero-order valence-corrected chi connectivity index (χ0v) is 10.2. The predicted octanol–water partition coefficient (Wildman–Crippen LogP) is 0.861. The van der Waals surface area contributed by atoms with Crippen LogP contribution in [0, 0.1) is 0 Å². The van der Waals surface area contributed by atoms with E-state index in [0.29, 0.717) is 0 Å². The molecule has 0 aliphatic carbocycles. The molecule has 7 heteroatoms. The van der Waals surface area contributed by atoms with Crippen molar-refractivity contribution in [3.8, 4) is 0 Å². The van der Waals surface area contributed by atoms with Crippen molar-refractivity contribution in [1.29, 1.82) is 0 Å². The van der Waals surface area contributed by atoms with E-state index in [2.05, 4.69) is 0 Å². The lowest BCUT2D eigenvalue weighted by molar-refractivity contribution is -0.138. The van der Waals surface area contributed by atoms with Crippen molar-refractivity contribution in [2.24, 2.45) is 0 Å². The number of rotatable bonds is 5. The topological polar surface area (TPSA) is 91.7 Å². The van der Waals surface area contributed by atoms with Crippen LogP contribution in [0.2, 0.25) is 0 Å². The molecule has 17 heavy (non-hydrogen) atoms. The summed E-state index contributed by atoms with van der Waals surface area (Å²) in [6, 6.07) is 7.33. The highest BCUT2D eigenvalue weighted by Gasteiger charge is 2.33. The fourth-order valence-corrected chi connectivity index (χ4v) is 2.92. The van der Waals surface area contributed by atoms with E-state index in [1.165, 1.54) is 24.3 Å². The van der Waals surface area contributed by atoms with E-state index in [9.17, 15) is 18.3 Å². The number of aliphatic hydroxyl groups is 1. The molecule has 0 aliphatic heterocycles. The quantitative estimate of drug-likeness (QED) is 0.780. The molecule has 1 aromatic carbocycles. The van der Waals surface area contributed by atoms with Crippen LogP contribution in [0.3, 0.4) is 0 Å². The molecule has 0 radical (unpaired) electrons. The molecule has 0 saturated heterocycles. The Labute approximate surface area is 104 Å². The summed E-state index contributed by atoms with van der Waals surface area (Å²) in [6.07, 6.45) is -2.38. The van der Waals surface area contributed by atoms with Crippen molar-refractivity contribution in [3.05, 3.63) is 30.3 Å². The van der Waals surface area contributed by atoms with Crippen LogP contribution < -0.4 is 0 Å². The van der Waals surface area contributed by atoms with Gasteiger partial charge in [0.05, 0.1) is 17.4 Å². The number of aliphatic carboxylic acids is 1. The maximum atomic E-state index is 11.9. The minimum Gasteiger partial charge on any atom is -0.481 e. The van der Waals surface area contributed by atoms with E-state index >= 15 is 0 Å². The fourth-order valence-electron chi connectivity index (χ4n) is 1.22.